The van der Waals surface area contributed by atoms with E-state index in [1.165, 1.54) is 0 Å². The number of urea groups is 2. The molecule has 166 valence electrons. The van der Waals surface area contributed by atoms with E-state index in [0.717, 1.165) is 10.5 Å². The van der Waals surface area contributed by atoms with E-state index in [-0.39, 0.29) is 26.3 Å². The molecule has 1 saturated heterocycles. The summed E-state index contributed by atoms with van der Waals surface area (Å²) in [5, 5.41) is 7.44. The van der Waals surface area contributed by atoms with Gasteiger partial charge >= 0.3 is 12.1 Å². The Labute approximate surface area is 183 Å². The second-order valence-corrected chi connectivity index (χ2v) is 7.55. The molecule has 2 aromatic rings. The summed E-state index contributed by atoms with van der Waals surface area (Å²) in [5.41, 5.74) is 0.117. The average molecular weight is 438 g/mol. The maximum absolute atomic E-state index is 13.0. The Balaban J connectivity index is 1.31. The molecular formula is C22H22N4O6. The third-order valence-corrected chi connectivity index (χ3v) is 5.34. The summed E-state index contributed by atoms with van der Waals surface area (Å²) < 4.78 is 10.6. The van der Waals surface area contributed by atoms with Gasteiger partial charge in [0, 0.05) is 19.5 Å². The van der Waals surface area contributed by atoms with Crippen molar-refractivity contribution in [2.24, 2.45) is 0 Å². The zero-order chi connectivity index (χ0) is 22.7. The minimum absolute atomic E-state index is 0.0932. The number of nitrogens with zero attached hydrogens (tertiary/aromatic N) is 1. The number of amides is 6. The molecule has 0 spiro atoms. The molecule has 2 aromatic carbocycles. The lowest BCUT2D eigenvalue weighted by Crippen LogP contribution is -2.42. The van der Waals surface area contributed by atoms with Crippen molar-refractivity contribution in [3.05, 3.63) is 59.7 Å². The SMILES string of the molecule is CC1(c2ccc3c(c2)OCO3)NC(=O)N(CCC(=O)NC(=O)NCc2ccccc2)C1=O. The highest BCUT2D eigenvalue weighted by Gasteiger charge is 2.49. The van der Waals surface area contributed by atoms with Gasteiger partial charge in [0.25, 0.3) is 5.91 Å². The molecule has 0 radical (unpaired) electrons. The van der Waals surface area contributed by atoms with Crippen LogP contribution in [0.3, 0.4) is 0 Å². The average Bonchev–Trinajstić information content (AvgIpc) is 3.34. The normalized spacial score (nSPS) is 19.0. The lowest BCUT2D eigenvalue weighted by atomic mass is 9.91. The summed E-state index contributed by atoms with van der Waals surface area (Å²) in [4.78, 5) is 50.4. The highest BCUT2D eigenvalue weighted by atomic mass is 16.7. The molecule has 0 bridgehead atoms. The minimum atomic E-state index is -1.30. The zero-order valence-corrected chi connectivity index (χ0v) is 17.3. The monoisotopic (exact) mass is 438 g/mol. The fraction of sp³-hybridized carbons (Fsp3) is 0.273. The molecule has 10 nitrogen and oxygen atoms in total. The van der Waals surface area contributed by atoms with Crippen LogP contribution in [0.1, 0.15) is 24.5 Å². The van der Waals surface area contributed by atoms with E-state index < -0.39 is 29.4 Å². The standard InChI is InChI=1S/C22H22N4O6/c1-22(15-7-8-16-17(11-15)32-13-31-16)19(28)26(21(30)25-22)10-9-18(27)24-20(29)23-12-14-5-3-2-4-6-14/h2-8,11H,9-10,12-13H2,1H3,(H,25,30)(H2,23,24,27,29). The number of carbonyl (C=O) groups excluding carboxylic acids is 4. The van der Waals surface area contributed by atoms with Gasteiger partial charge in [-0.3, -0.25) is 19.8 Å². The number of rotatable bonds is 6. The third-order valence-electron chi connectivity index (χ3n) is 5.34. The van der Waals surface area contributed by atoms with E-state index in [2.05, 4.69) is 16.0 Å². The molecule has 2 aliphatic rings. The first-order valence-electron chi connectivity index (χ1n) is 10.0. The van der Waals surface area contributed by atoms with Crippen molar-refractivity contribution in [3.8, 4) is 11.5 Å². The Morgan fingerprint density at radius 3 is 2.62 bits per heavy atom. The summed E-state index contributed by atoms with van der Waals surface area (Å²) >= 11 is 0. The van der Waals surface area contributed by atoms with Gasteiger partial charge in [-0.15, -0.1) is 0 Å². The molecule has 2 heterocycles. The van der Waals surface area contributed by atoms with Gasteiger partial charge in [-0.1, -0.05) is 36.4 Å². The lowest BCUT2D eigenvalue weighted by molar-refractivity contribution is -0.131. The second kappa shape index (κ2) is 8.58. The Bertz CT molecular complexity index is 1070. The predicted molar refractivity (Wildman–Crippen MR) is 112 cm³/mol. The number of hydrogen-bond donors (Lipinski definition) is 3. The van der Waals surface area contributed by atoms with Crippen LogP contribution in [0.2, 0.25) is 0 Å². The smallest absolute Gasteiger partial charge is 0.325 e. The van der Waals surface area contributed by atoms with Gasteiger partial charge in [-0.2, -0.15) is 0 Å². The molecule has 0 aromatic heterocycles. The molecule has 1 atom stereocenters. The fourth-order valence-corrected chi connectivity index (χ4v) is 3.53. The largest absolute Gasteiger partial charge is 0.454 e. The molecule has 0 saturated carbocycles. The summed E-state index contributed by atoms with van der Waals surface area (Å²) in [6.07, 6.45) is -0.213. The highest BCUT2D eigenvalue weighted by molar-refractivity contribution is 6.07. The van der Waals surface area contributed by atoms with Crippen LogP contribution in [0.15, 0.2) is 48.5 Å². The quantitative estimate of drug-likeness (QED) is 0.588. The van der Waals surface area contributed by atoms with E-state index in [4.69, 9.17) is 9.47 Å². The van der Waals surface area contributed by atoms with Gasteiger partial charge in [0.1, 0.15) is 5.54 Å². The van der Waals surface area contributed by atoms with Crippen LogP contribution in [-0.4, -0.2) is 42.1 Å². The van der Waals surface area contributed by atoms with Gasteiger partial charge in [0.05, 0.1) is 0 Å². The molecule has 0 aliphatic carbocycles. The van der Waals surface area contributed by atoms with Crippen LogP contribution < -0.4 is 25.4 Å². The maximum atomic E-state index is 13.0. The van der Waals surface area contributed by atoms with E-state index in [1.54, 1.807) is 25.1 Å². The Morgan fingerprint density at radius 2 is 1.84 bits per heavy atom. The first-order valence-corrected chi connectivity index (χ1v) is 10.0. The Morgan fingerprint density at radius 1 is 1.09 bits per heavy atom. The Hall–Kier alpha value is -4.08. The van der Waals surface area contributed by atoms with Crippen LogP contribution in [0.4, 0.5) is 9.59 Å². The number of nitrogens with one attached hydrogen (secondary N) is 3. The summed E-state index contributed by atoms with van der Waals surface area (Å²) in [6, 6.07) is 13.0. The van der Waals surface area contributed by atoms with Gasteiger partial charge in [0.2, 0.25) is 12.7 Å². The zero-order valence-electron chi connectivity index (χ0n) is 17.3. The van der Waals surface area contributed by atoms with Crippen molar-refractivity contribution in [2.75, 3.05) is 13.3 Å². The van der Waals surface area contributed by atoms with Gasteiger partial charge < -0.3 is 20.1 Å². The summed E-state index contributed by atoms with van der Waals surface area (Å²) in [5.74, 6) is -0.0474. The van der Waals surface area contributed by atoms with E-state index in [9.17, 15) is 19.2 Å². The van der Waals surface area contributed by atoms with Crippen molar-refractivity contribution >= 4 is 23.9 Å². The molecule has 1 unspecified atom stereocenters. The highest BCUT2D eigenvalue weighted by Crippen LogP contribution is 2.37. The number of fused-ring (bicyclic) bond motifs is 1. The second-order valence-electron chi connectivity index (χ2n) is 7.55. The van der Waals surface area contributed by atoms with Crippen molar-refractivity contribution in [3.63, 3.8) is 0 Å². The fourth-order valence-electron chi connectivity index (χ4n) is 3.53. The van der Waals surface area contributed by atoms with Crippen LogP contribution in [0.5, 0.6) is 11.5 Å². The first-order chi connectivity index (χ1) is 15.4. The van der Waals surface area contributed by atoms with Crippen LogP contribution >= 0.6 is 0 Å². The number of carbonyl (C=O) groups is 4. The van der Waals surface area contributed by atoms with Crippen LogP contribution in [0.25, 0.3) is 0 Å². The topological polar surface area (TPSA) is 126 Å². The molecule has 1 fully saturated rings. The van der Waals surface area contributed by atoms with Gasteiger partial charge in [0.15, 0.2) is 11.5 Å². The number of ether oxygens (including phenoxy) is 2. The Kier molecular flexibility index (Phi) is 5.67. The van der Waals surface area contributed by atoms with E-state index in [1.807, 2.05) is 30.3 Å². The molecule has 32 heavy (non-hydrogen) atoms. The third kappa shape index (κ3) is 4.20. The molecule has 2 aliphatic heterocycles. The maximum Gasteiger partial charge on any atom is 0.325 e. The van der Waals surface area contributed by atoms with E-state index in [0.29, 0.717) is 17.1 Å². The lowest BCUT2D eigenvalue weighted by Gasteiger charge is -2.22. The first kappa shape index (κ1) is 21.2. The van der Waals surface area contributed by atoms with E-state index >= 15 is 0 Å². The van der Waals surface area contributed by atoms with Crippen molar-refractivity contribution in [1.29, 1.82) is 0 Å². The molecule has 3 N–H and O–H groups in total. The summed E-state index contributed by atoms with van der Waals surface area (Å²) in [6.45, 7) is 1.78. The molecule has 4 rings (SSSR count). The number of imide groups is 2. The summed E-state index contributed by atoms with van der Waals surface area (Å²) in [7, 11) is 0. The minimum Gasteiger partial charge on any atom is -0.454 e. The van der Waals surface area contributed by atoms with Crippen molar-refractivity contribution in [2.45, 2.75) is 25.4 Å². The van der Waals surface area contributed by atoms with Crippen LogP contribution in [0, 0.1) is 0 Å². The molecule has 10 heteroatoms. The predicted octanol–water partition coefficient (Wildman–Crippen LogP) is 1.60. The molecule has 6 amide bonds. The number of hydrogen-bond acceptors (Lipinski definition) is 6. The number of benzene rings is 2. The van der Waals surface area contributed by atoms with Gasteiger partial charge in [-0.25, -0.2) is 9.59 Å². The van der Waals surface area contributed by atoms with Crippen molar-refractivity contribution < 1.29 is 28.7 Å². The molecular weight excluding hydrogens is 416 g/mol. The van der Waals surface area contributed by atoms with Crippen molar-refractivity contribution in [1.82, 2.24) is 20.9 Å². The van der Waals surface area contributed by atoms with Crippen LogP contribution in [-0.2, 0) is 21.7 Å². The van der Waals surface area contributed by atoms with Gasteiger partial charge in [-0.05, 0) is 30.2 Å².